The molecule has 1 N–H and O–H groups in total. The summed E-state index contributed by atoms with van der Waals surface area (Å²) in [7, 11) is -2.31. The highest BCUT2D eigenvalue weighted by Gasteiger charge is 2.58. The number of hydrogen-bond acceptors (Lipinski definition) is 3. The molecule has 0 saturated heterocycles. The second-order valence-electron chi connectivity index (χ2n) is 8.00. The number of aliphatic hydroxyl groups is 1. The average molecular weight is 337 g/mol. The van der Waals surface area contributed by atoms with Gasteiger partial charge < -0.3 is 9.84 Å². The van der Waals surface area contributed by atoms with Gasteiger partial charge in [-0.15, -0.1) is 0 Å². The van der Waals surface area contributed by atoms with Crippen LogP contribution < -0.4 is 0 Å². The summed E-state index contributed by atoms with van der Waals surface area (Å²) in [6, 6.07) is 10.0. The molecule has 1 rings (SSSR count). The summed E-state index contributed by atoms with van der Waals surface area (Å²) in [5, 5.41) is 9.61. The van der Waals surface area contributed by atoms with Crippen LogP contribution in [0.25, 0.3) is 0 Å². The van der Waals surface area contributed by atoms with Crippen molar-refractivity contribution in [2.24, 2.45) is 0 Å². The molecule has 0 heterocycles. The van der Waals surface area contributed by atoms with Crippen molar-refractivity contribution in [1.29, 1.82) is 0 Å². The lowest BCUT2D eigenvalue weighted by Gasteiger charge is -2.52. The van der Waals surface area contributed by atoms with Crippen molar-refractivity contribution in [3.63, 3.8) is 0 Å². The molecule has 0 fully saturated rings. The van der Waals surface area contributed by atoms with Crippen molar-refractivity contribution in [3.05, 3.63) is 35.9 Å². The molecular formula is C19H32O3Si. The van der Waals surface area contributed by atoms with Crippen LogP contribution in [0.2, 0.25) is 16.6 Å². The van der Waals surface area contributed by atoms with Gasteiger partial charge in [-0.2, -0.15) is 0 Å². The number of aliphatic hydroxyl groups excluding tert-OH is 1. The fourth-order valence-corrected chi connectivity index (χ4v) is 7.74. The third kappa shape index (κ3) is 3.93. The molecule has 0 aliphatic rings. The number of ether oxygens (including phenoxy) is 1. The lowest BCUT2D eigenvalue weighted by atomic mass is 10.0. The van der Waals surface area contributed by atoms with Crippen LogP contribution in [0.1, 0.15) is 47.1 Å². The van der Waals surface area contributed by atoms with E-state index in [0.717, 1.165) is 5.56 Å². The molecule has 0 aliphatic carbocycles. The Morgan fingerprint density at radius 2 is 1.74 bits per heavy atom. The molecule has 0 bridgehead atoms. The minimum absolute atomic E-state index is 0.0555. The summed E-state index contributed by atoms with van der Waals surface area (Å²) in [5.74, 6) is 0.0555. The van der Waals surface area contributed by atoms with E-state index in [1.54, 1.807) is 13.8 Å². The van der Waals surface area contributed by atoms with E-state index in [1.807, 2.05) is 37.3 Å². The second kappa shape index (κ2) is 7.28. The zero-order valence-electron chi connectivity index (χ0n) is 15.6. The van der Waals surface area contributed by atoms with E-state index in [0.29, 0.717) is 12.8 Å². The van der Waals surface area contributed by atoms with Crippen LogP contribution in [-0.2, 0) is 16.1 Å². The van der Waals surface area contributed by atoms with Crippen LogP contribution in [0.15, 0.2) is 30.3 Å². The molecule has 0 radical (unpaired) electrons. The molecule has 0 saturated carbocycles. The summed E-state index contributed by atoms with van der Waals surface area (Å²) >= 11 is 0. The maximum atomic E-state index is 12.5. The maximum absolute atomic E-state index is 12.5. The molecule has 3 nitrogen and oxygen atoms in total. The number of carbonyl (C=O) groups excluding carboxylic acids is 1. The molecule has 3 atom stereocenters. The van der Waals surface area contributed by atoms with Crippen molar-refractivity contribution in [3.8, 4) is 0 Å². The first-order valence-corrected chi connectivity index (χ1v) is 11.0. The monoisotopic (exact) mass is 336 g/mol. The SMILES string of the molecule is CC(=O)[C@](C)([C@@H](C)O)[Si@@](C)(COCc1ccccc1)C(C)(C)C. The van der Waals surface area contributed by atoms with Crippen molar-refractivity contribution in [1.82, 2.24) is 0 Å². The van der Waals surface area contributed by atoms with Gasteiger partial charge in [0.2, 0.25) is 0 Å². The molecule has 23 heavy (non-hydrogen) atoms. The van der Waals surface area contributed by atoms with E-state index in [4.69, 9.17) is 4.74 Å². The first-order chi connectivity index (χ1) is 10.5. The van der Waals surface area contributed by atoms with Gasteiger partial charge in [-0.3, -0.25) is 4.79 Å². The standard InChI is InChI=1S/C19H32O3Si/c1-15(20)19(6,16(2)21)23(7,18(3,4)5)14-22-13-17-11-9-8-10-12-17/h8-12,15,20H,13-14H2,1-7H3/t15-,19+,23+/m1/s1. The van der Waals surface area contributed by atoms with Crippen molar-refractivity contribution in [2.75, 3.05) is 6.23 Å². The number of benzene rings is 1. The summed E-state index contributed by atoms with van der Waals surface area (Å²) in [6.07, 6.45) is -0.136. The number of hydrogen-bond donors (Lipinski definition) is 1. The predicted molar refractivity (Wildman–Crippen MR) is 98.2 cm³/mol. The van der Waals surface area contributed by atoms with Gasteiger partial charge in [0.25, 0.3) is 0 Å². The fraction of sp³-hybridized carbons (Fsp3) is 0.632. The van der Waals surface area contributed by atoms with Crippen molar-refractivity contribution >= 4 is 13.9 Å². The van der Waals surface area contributed by atoms with Gasteiger partial charge in [-0.25, -0.2) is 0 Å². The average Bonchev–Trinajstić information content (AvgIpc) is 2.45. The van der Waals surface area contributed by atoms with E-state index in [9.17, 15) is 9.90 Å². The van der Waals surface area contributed by atoms with Gasteiger partial charge in [0, 0.05) is 11.3 Å². The van der Waals surface area contributed by atoms with E-state index in [1.165, 1.54) is 0 Å². The Morgan fingerprint density at radius 1 is 1.22 bits per heavy atom. The molecule has 0 spiro atoms. The minimum atomic E-state index is -2.31. The van der Waals surface area contributed by atoms with Crippen LogP contribution in [0.3, 0.4) is 0 Å². The van der Waals surface area contributed by atoms with Crippen molar-refractivity contribution in [2.45, 2.75) is 70.9 Å². The molecule has 130 valence electrons. The number of ketones is 1. The van der Waals surface area contributed by atoms with E-state index in [-0.39, 0.29) is 10.8 Å². The lowest BCUT2D eigenvalue weighted by molar-refractivity contribution is -0.122. The highest BCUT2D eigenvalue weighted by Crippen LogP contribution is 2.54. The van der Waals surface area contributed by atoms with E-state index < -0.39 is 19.2 Å². The topological polar surface area (TPSA) is 46.5 Å². The molecular weight excluding hydrogens is 304 g/mol. The zero-order valence-corrected chi connectivity index (χ0v) is 16.6. The quantitative estimate of drug-likeness (QED) is 0.753. The Hall–Kier alpha value is -0.973. The van der Waals surface area contributed by atoms with Gasteiger partial charge >= 0.3 is 0 Å². The largest absolute Gasteiger partial charge is 0.393 e. The van der Waals surface area contributed by atoms with Crippen molar-refractivity contribution < 1.29 is 14.6 Å². The van der Waals surface area contributed by atoms with E-state index in [2.05, 4.69) is 27.3 Å². The minimum Gasteiger partial charge on any atom is -0.393 e. The third-order valence-electron chi connectivity index (χ3n) is 5.87. The summed E-state index contributed by atoms with van der Waals surface area (Å²) in [4.78, 5) is 12.5. The van der Waals surface area contributed by atoms with Gasteiger partial charge in [-0.05, 0) is 24.4 Å². The molecule has 0 amide bonds. The normalized spacial score (nSPS) is 18.8. The van der Waals surface area contributed by atoms with Gasteiger partial charge in [0.05, 0.1) is 12.7 Å². The Bertz CT molecular complexity index is 521. The number of rotatable bonds is 7. The molecule has 0 aromatic heterocycles. The molecule has 1 aromatic carbocycles. The highest BCUT2D eigenvalue weighted by molar-refractivity contribution is 6.87. The van der Waals surface area contributed by atoms with Gasteiger partial charge in [0.1, 0.15) is 13.9 Å². The Morgan fingerprint density at radius 3 is 2.13 bits per heavy atom. The van der Waals surface area contributed by atoms with Crippen LogP contribution in [0.4, 0.5) is 0 Å². The molecule has 0 unspecified atom stereocenters. The Kier molecular flexibility index (Phi) is 6.36. The Balaban J connectivity index is 3.06. The summed E-state index contributed by atoms with van der Waals surface area (Å²) in [6.45, 7) is 14.5. The van der Waals surface area contributed by atoms with Gasteiger partial charge in [0.15, 0.2) is 0 Å². The van der Waals surface area contributed by atoms with Crippen LogP contribution in [0.5, 0.6) is 0 Å². The third-order valence-corrected chi connectivity index (χ3v) is 13.0. The molecule has 4 heteroatoms. The molecule has 0 aliphatic heterocycles. The maximum Gasteiger partial charge on any atom is 0.135 e. The number of carbonyl (C=O) groups is 1. The smallest absolute Gasteiger partial charge is 0.135 e. The van der Waals surface area contributed by atoms with Gasteiger partial charge in [-0.1, -0.05) is 64.6 Å². The van der Waals surface area contributed by atoms with Crippen LogP contribution in [0, 0.1) is 0 Å². The second-order valence-corrected chi connectivity index (χ2v) is 13.5. The van der Waals surface area contributed by atoms with Crippen LogP contribution >= 0.6 is 0 Å². The fourth-order valence-electron chi connectivity index (χ4n) is 3.24. The van der Waals surface area contributed by atoms with E-state index >= 15 is 0 Å². The first-order valence-electron chi connectivity index (χ1n) is 8.27. The predicted octanol–water partition coefficient (Wildman–Crippen LogP) is 4.35. The number of Topliss-reactive ketones (excluding diaryl/α,β-unsaturated/α-hetero) is 1. The van der Waals surface area contributed by atoms with Crippen LogP contribution in [-0.4, -0.2) is 31.3 Å². The molecule has 1 aromatic rings. The first kappa shape index (κ1) is 20.1. The zero-order chi connectivity index (χ0) is 17.9. The highest BCUT2D eigenvalue weighted by atomic mass is 28.3. The Labute approximate surface area is 142 Å². The summed E-state index contributed by atoms with van der Waals surface area (Å²) < 4.78 is 6.06. The summed E-state index contributed by atoms with van der Waals surface area (Å²) in [5.41, 5.74) is 1.12. The lowest BCUT2D eigenvalue weighted by Crippen LogP contribution is -2.61.